The van der Waals surface area contributed by atoms with Crippen LogP contribution in [0.15, 0.2) is 6.07 Å². The number of aromatic nitrogens is 2. The number of hydrogen-bond acceptors (Lipinski definition) is 4. The van der Waals surface area contributed by atoms with Gasteiger partial charge in [0.15, 0.2) is 0 Å². The van der Waals surface area contributed by atoms with Gasteiger partial charge in [-0.1, -0.05) is 0 Å². The van der Waals surface area contributed by atoms with Crippen LogP contribution in [0, 0.1) is 0 Å². The molecule has 0 saturated heterocycles. The highest BCUT2D eigenvalue weighted by Gasteiger charge is 2.32. The lowest BCUT2D eigenvalue weighted by molar-refractivity contribution is -0.255. The second-order valence-corrected chi connectivity index (χ2v) is 3.83. The van der Waals surface area contributed by atoms with Crippen LogP contribution in [-0.2, 0) is 0 Å². The SMILES string of the molecule is C[C@@H]1C[C@@H](C(F)F)n2nc(C(=O)[O-])cc2N1. The topological polar surface area (TPSA) is 70.0 Å². The first-order valence-electron chi connectivity index (χ1n) is 4.84. The number of anilines is 1. The van der Waals surface area contributed by atoms with E-state index in [0.717, 1.165) is 4.68 Å². The van der Waals surface area contributed by atoms with Gasteiger partial charge in [-0.2, -0.15) is 5.10 Å². The molecule has 1 aliphatic heterocycles. The minimum Gasteiger partial charge on any atom is -0.543 e. The average Bonchev–Trinajstić information content (AvgIpc) is 2.59. The molecule has 0 bridgehead atoms. The quantitative estimate of drug-likeness (QED) is 0.791. The largest absolute Gasteiger partial charge is 0.543 e. The maximum absolute atomic E-state index is 12.7. The molecule has 0 aliphatic carbocycles. The fourth-order valence-electron chi connectivity index (χ4n) is 1.84. The van der Waals surface area contributed by atoms with Gasteiger partial charge in [0.25, 0.3) is 6.43 Å². The van der Waals surface area contributed by atoms with E-state index in [2.05, 4.69) is 10.4 Å². The third-order valence-electron chi connectivity index (χ3n) is 2.54. The van der Waals surface area contributed by atoms with E-state index >= 15 is 0 Å². The summed E-state index contributed by atoms with van der Waals surface area (Å²) in [4.78, 5) is 10.6. The number of carbonyl (C=O) groups is 1. The molecule has 1 aromatic heterocycles. The Hall–Kier alpha value is -1.66. The lowest BCUT2D eigenvalue weighted by atomic mass is 10.1. The van der Waals surface area contributed by atoms with Crippen molar-refractivity contribution in [3.05, 3.63) is 11.8 Å². The number of carboxylic acid groups (broad SMARTS) is 1. The van der Waals surface area contributed by atoms with Crippen LogP contribution in [0.5, 0.6) is 0 Å². The molecule has 2 atom stereocenters. The van der Waals surface area contributed by atoms with Crippen LogP contribution >= 0.6 is 0 Å². The first-order valence-corrected chi connectivity index (χ1v) is 4.84. The second kappa shape index (κ2) is 3.73. The van der Waals surface area contributed by atoms with Crippen molar-refractivity contribution in [2.24, 2.45) is 0 Å². The van der Waals surface area contributed by atoms with E-state index in [1.807, 2.05) is 0 Å². The minimum atomic E-state index is -2.57. The summed E-state index contributed by atoms with van der Waals surface area (Å²) in [6, 6.07) is -0.0162. The fourth-order valence-corrected chi connectivity index (χ4v) is 1.84. The van der Waals surface area contributed by atoms with Gasteiger partial charge in [-0.3, -0.25) is 0 Å². The van der Waals surface area contributed by atoms with Gasteiger partial charge in [0.2, 0.25) is 0 Å². The Balaban J connectivity index is 2.41. The van der Waals surface area contributed by atoms with E-state index in [4.69, 9.17) is 0 Å². The van der Waals surface area contributed by atoms with Crippen molar-refractivity contribution in [1.29, 1.82) is 0 Å². The molecule has 0 unspecified atom stereocenters. The number of nitrogens with zero attached hydrogens (tertiary/aromatic N) is 2. The summed E-state index contributed by atoms with van der Waals surface area (Å²) in [5, 5.41) is 17.1. The summed E-state index contributed by atoms with van der Waals surface area (Å²) in [7, 11) is 0. The van der Waals surface area contributed by atoms with Crippen LogP contribution in [0.3, 0.4) is 0 Å². The smallest absolute Gasteiger partial charge is 0.260 e. The number of hydrogen-bond donors (Lipinski definition) is 1. The van der Waals surface area contributed by atoms with Gasteiger partial charge in [0, 0.05) is 12.1 Å². The zero-order valence-electron chi connectivity index (χ0n) is 8.48. The maximum Gasteiger partial charge on any atom is 0.260 e. The molecule has 0 fully saturated rings. The second-order valence-electron chi connectivity index (χ2n) is 3.83. The third kappa shape index (κ3) is 1.72. The minimum absolute atomic E-state index is 0.141. The summed E-state index contributed by atoms with van der Waals surface area (Å²) in [5.41, 5.74) is -0.331. The van der Waals surface area contributed by atoms with Crippen LogP contribution in [0.4, 0.5) is 14.6 Å². The Labute approximate surface area is 90.1 Å². The van der Waals surface area contributed by atoms with Gasteiger partial charge in [-0.25, -0.2) is 13.5 Å². The van der Waals surface area contributed by atoms with Crippen LogP contribution in [0.2, 0.25) is 0 Å². The molecule has 16 heavy (non-hydrogen) atoms. The third-order valence-corrected chi connectivity index (χ3v) is 2.54. The van der Waals surface area contributed by atoms with Crippen LogP contribution in [0.25, 0.3) is 0 Å². The summed E-state index contributed by atoms with van der Waals surface area (Å²) in [5.74, 6) is -1.17. The van der Waals surface area contributed by atoms with Gasteiger partial charge in [0.1, 0.15) is 17.6 Å². The lowest BCUT2D eigenvalue weighted by Crippen LogP contribution is -2.33. The Morgan fingerprint density at radius 3 is 3.00 bits per heavy atom. The van der Waals surface area contributed by atoms with E-state index in [1.165, 1.54) is 6.07 Å². The molecule has 0 radical (unpaired) electrons. The zero-order chi connectivity index (χ0) is 11.9. The normalized spacial score (nSPS) is 24.0. The van der Waals surface area contributed by atoms with Gasteiger partial charge in [0.05, 0.1) is 5.97 Å². The zero-order valence-corrected chi connectivity index (χ0v) is 8.48. The first-order chi connectivity index (χ1) is 7.49. The van der Waals surface area contributed by atoms with E-state index < -0.39 is 18.4 Å². The van der Waals surface area contributed by atoms with Gasteiger partial charge in [-0.15, -0.1) is 0 Å². The summed E-state index contributed by atoms with van der Waals surface area (Å²) in [6.45, 7) is 1.75. The molecule has 5 nitrogen and oxygen atoms in total. The van der Waals surface area contributed by atoms with Crippen molar-refractivity contribution in [3.63, 3.8) is 0 Å². The highest BCUT2D eigenvalue weighted by molar-refractivity contribution is 5.84. The van der Waals surface area contributed by atoms with Gasteiger partial charge < -0.3 is 15.2 Å². The highest BCUT2D eigenvalue weighted by atomic mass is 19.3. The molecule has 0 amide bonds. The van der Waals surface area contributed by atoms with E-state index in [-0.39, 0.29) is 18.2 Å². The molecular formula is C9H10F2N3O2-. The number of fused-ring (bicyclic) bond motifs is 1. The number of aromatic carboxylic acids is 1. The van der Waals surface area contributed by atoms with E-state index in [1.54, 1.807) is 6.92 Å². The van der Waals surface area contributed by atoms with E-state index in [0.29, 0.717) is 5.82 Å². The van der Waals surface area contributed by atoms with Crippen molar-refractivity contribution in [2.75, 3.05) is 5.32 Å². The monoisotopic (exact) mass is 230 g/mol. The average molecular weight is 230 g/mol. The molecule has 7 heteroatoms. The summed E-state index contributed by atoms with van der Waals surface area (Å²) < 4.78 is 26.5. The number of nitrogens with one attached hydrogen (secondary N) is 1. The number of carboxylic acids is 1. The standard InChI is InChI=1S/C9H11F2N3O2/c1-4-2-6(8(10)11)14-7(12-4)3-5(13-14)9(15)16/h3-4,6,8,12H,2H2,1H3,(H,15,16)/p-1/t4-,6+/m1/s1. The lowest BCUT2D eigenvalue weighted by Gasteiger charge is -2.29. The molecule has 1 N–H and O–H groups in total. The maximum atomic E-state index is 12.7. The van der Waals surface area contributed by atoms with Crippen molar-refractivity contribution < 1.29 is 18.7 Å². The van der Waals surface area contributed by atoms with Crippen molar-refractivity contribution in [3.8, 4) is 0 Å². The Morgan fingerprint density at radius 1 is 1.75 bits per heavy atom. The molecule has 0 spiro atoms. The summed E-state index contributed by atoms with van der Waals surface area (Å²) in [6.07, 6.45) is -2.36. The van der Waals surface area contributed by atoms with Crippen LogP contribution in [0.1, 0.15) is 29.9 Å². The molecule has 2 heterocycles. The van der Waals surface area contributed by atoms with Gasteiger partial charge in [-0.05, 0) is 13.3 Å². The van der Waals surface area contributed by atoms with E-state index in [9.17, 15) is 18.7 Å². The molecule has 0 aromatic carbocycles. The number of halogens is 2. The van der Waals surface area contributed by atoms with Crippen LogP contribution < -0.4 is 10.4 Å². The predicted molar refractivity (Wildman–Crippen MR) is 49.3 cm³/mol. The molecule has 0 saturated carbocycles. The number of carbonyl (C=O) groups excluding carboxylic acids is 1. The van der Waals surface area contributed by atoms with Crippen molar-refractivity contribution >= 4 is 11.8 Å². The molecule has 1 aromatic rings. The first kappa shape index (κ1) is 10.8. The van der Waals surface area contributed by atoms with Crippen LogP contribution in [-0.4, -0.2) is 28.2 Å². The Morgan fingerprint density at radius 2 is 2.44 bits per heavy atom. The molecule has 88 valence electrons. The van der Waals surface area contributed by atoms with Crippen molar-refractivity contribution in [2.45, 2.75) is 31.9 Å². The highest BCUT2D eigenvalue weighted by Crippen LogP contribution is 2.31. The summed E-state index contributed by atoms with van der Waals surface area (Å²) >= 11 is 0. The Bertz CT molecular complexity index is 419. The predicted octanol–water partition coefficient (Wildman–Crippen LogP) is 0.257. The molecule has 1 aliphatic rings. The molecular weight excluding hydrogens is 220 g/mol. The number of alkyl halides is 2. The van der Waals surface area contributed by atoms with Crippen molar-refractivity contribution in [1.82, 2.24) is 9.78 Å². The number of rotatable bonds is 2. The molecule has 2 rings (SSSR count). The Kier molecular flexibility index (Phi) is 2.53. The van der Waals surface area contributed by atoms with Gasteiger partial charge >= 0.3 is 0 Å². The fraction of sp³-hybridized carbons (Fsp3) is 0.556.